The Morgan fingerprint density at radius 2 is 1.69 bits per heavy atom. The van der Waals surface area contributed by atoms with Crippen molar-refractivity contribution in [2.75, 3.05) is 24.6 Å². The van der Waals surface area contributed by atoms with E-state index in [-0.39, 0.29) is 25.0 Å². The summed E-state index contributed by atoms with van der Waals surface area (Å²) in [5.74, 6) is -1.39. The summed E-state index contributed by atoms with van der Waals surface area (Å²) in [6.07, 6.45) is 0. The summed E-state index contributed by atoms with van der Waals surface area (Å²) in [5, 5.41) is 2.46. The van der Waals surface area contributed by atoms with Crippen molar-refractivity contribution in [1.29, 1.82) is 0 Å². The van der Waals surface area contributed by atoms with Crippen LogP contribution in [0.25, 0.3) is 0 Å². The highest BCUT2D eigenvalue weighted by atomic mass is 79.9. The van der Waals surface area contributed by atoms with E-state index in [4.69, 9.17) is 4.74 Å². The van der Waals surface area contributed by atoms with E-state index in [2.05, 4.69) is 21.2 Å². The molecule has 2 amide bonds. The number of benzene rings is 2. The Morgan fingerprint density at radius 1 is 1.04 bits per heavy atom. The summed E-state index contributed by atoms with van der Waals surface area (Å²) in [4.78, 5) is 37.4. The summed E-state index contributed by atoms with van der Waals surface area (Å²) in [5.41, 5.74) is 1.16. The molecule has 0 fully saturated rings. The largest absolute Gasteiger partial charge is 0.454 e. The zero-order chi connectivity index (χ0) is 18.9. The van der Waals surface area contributed by atoms with E-state index in [0.717, 1.165) is 10.2 Å². The number of para-hydroxylation sites is 1. The second-order valence-corrected chi connectivity index (χ2v) is 6.24. The highest BCUT2D eigenvalue weighted by molar-refractivity contribution is 9.10. The van der Waals surface area contributed by atoms with Crippen molar-refractivity contribution in [2.45, 2.75) is 6.92 Å². The number of ether oxygens (including phenoxy) is 1. The molecule has 0 aromatic heterocycles. The number of carbonyl (C=O) groups excluding carboxylic acids is 3. The molecule has 0 heterocycles. The fourth-order valence-electron chi connectivity index (χ4n) is 2.24. The molecule has 2 aromatic carbocycles. The first-order valence-electron chi connectivity index (χ1n) is 8.06. The van der Waals surface area contributed by atoms with Crippen LogP contribution in [0.2, 0.25) is 0 Å². The molecule has 0 saturated heterocycles. The van der Waals surface area contributed by atoms with Gasteiger partial charge < -0.3 is 15.0 Å². The number of nitrogens with zero attached hydrogens (tertiary/aromatic N) is 1. The molecule has 26 heavy (non-hydrogen) atoms. The van der Waals surface area contributed by atoms with E-state index in [1.54, 1.807) is 24.3 Å². The molecule has 0 bridgehead atoms. The van der Waals surface area contributed by atoms with Crippen LogP contribution in [0.15, 0.2) is 59.1 Å². The van der Waals surface area contributed by atoms with E-state index in [9.17, 15) is 14.4 Å². The first kappa shape index (κ1) is 19.7. The van der Waals surface area contributed by atoms with Crippen molar-refractivity contribution in [3.8, 4) is 0 Å². The highest BCUT2D eigenvalue weighted by Crippen LogP contribution is 2.13. The third kappa shape index (κ3) is 5.70. The molecule has 0 saturated carbocycles. The first-order chi connectivity index (χ1) is 12.5. The Bertz CT molecular complexity index is 763. The number of halogens is 1. The van der Waals surface area contributed by atoms with Crippen LogP contribution in [0.5, 0.6) is 0 Å². The maximum atomic E-state index is 12.2. The molecule has 0 aliphatic heterocycles. The maximum absolute atomic E-state index is 12.2. The SMILES string of the molecule is CCN(C(=O)COC(=O)CNC(=O)c1ccc(Br)cc1)c1ccccc1. The van der Waals surface area contributed by atoms with E-state index < -0.39 is 5.97 Å². The van der Waals surface area contributed by atoms with Crippen LogP contribution in [-0.4, -0.2) is 37.5 Å². The first-order valence-corrected chi connectivity index (χ1v) is 8.85. The predicted molar refractivity (Wildman–Crippen MR) is 102 cm³/mol. The van der Waals surface area contributed by atoms with Crippen LogP contribution in [0, 0.1) is 0 Å². The van der Waals surface area contributed by atoms with Gasteiger partial charge in [0.1, 0.15) is 6.54 Å². The van der Waals surface area contributed by atoms with Gasteiger partial charge in [-0.15, -0.1) is 0 Å². The molecule has 0 aliphatic carbocycles. The summed E-state index contributed by atoms with van der Waals surface area (Å²) in [7, 11) is 0. The number of rotatable bonds is 7. The standard InChI is InChI=1S/C19H19BrN2O4/c1-2-22(16-6-4-3-5-7-16)17(23)13-26-18(24)12-21-19(25)14-8-10-15(20)11-9-14/h3-11H,2,12-13H2,1H3,(H,21,25). The van der Waals surface area contributed by atoms with Crippen molar-refractivity contribution in [1.82, 2.24) is 5.32 Å². The molecule has 2 rings (SSSR count). The van der Waals surface area contributed by atoms with Crippen LogP contribution in [0.1, 0.15) is 17.3 Å². The summed E-state index contributed by atoms with van der Waals surface area (Å²) in [6, 6.07) is 15.9. The van der Waals surface area contributed by atoms with E-state index >= 15 is 0 Å². The Balaban J connectivity index is 1.79. The molecule has 0 spiro atoms. The second kappa shape index (κ2) is 9.72. The molecule has 2 aromatic rings. The van der Waals surface area contributed by atoms with Crippen LogP contribution in [0.3, 0.4) is 0 Å². The third-order valence-corrected chi connectivity index (χ3v) is 4.07. The van der Waals surface area contributed by atoms with Gasteiger partial charge in [0, 0.05) is 22.3 Å². The van der Waals surface area contributed by atoms with Crippen LogP contribution in [0.4, 0.5) is 5.69 Å². The summed E-state index contributed by atoms with van der Waals surface area (Å²) < 4.78 is 5.81. The number of anilines is 1. The smallest absolute Gasteiger partial charge is 0.325 e. The monoisotopic (exact) mass is 418 g/mol. The Kier molecular flexibility index (Phi) is 7.35. The fourth-order valence-corrected chi connectivity index (χ4v) is 2.50. The molecule has 0 aliphatic rings. The average molecular weight is 419 g/mol. The van der Waals surface area contributed by atoms with Gasteiger partial charge in [0.05, 0.1) is 0 Å². The lowest BCUT2D eigenvalue weighted by Crippen LogP contribution is -2.36. The van der Waals surface area contributed by atoms with E-state index in [1.165, 1.54) is 4.90 Å². The number of carbonyl (C=O) groups is 3. The van der Waals surface area contributed by atoms with Crippen LogP contribution in [-0.2, 0) is 14.3 Å². The minimum absolute atomic E-state index is 0.306. The number of nitrogens with one attached hydrogen (secondary N) is 1. The molecule has 1 N–H and O–H groups in total. The van der Waals surface area contributed by atoms with E-state index in [0.29, 0.717) is 12.1 Å². The Labute approximate surface area is 160 Å². The minimum atomic E-state index is -0.673. The Hall–Kier alpha value is -2.67. The quantitative estimate of drug-likeness (QED) is 0.701. The van der Waals surface area contributed by atoms with Crippen molar-refractivity contribution in [2.24, 2.45) is 0 Å². The minimum Gasteiger partial charge on any atom is -0.454 e. The van der Waals surface area contributed by atoms with Gasteiger partial charge in [0.25, 0.3) is 11.8 Å². The van der Waals surface area contributed by atoms with Crippen LogP contribution >= 0.6 is 15.9 Å². The van der Waals surface area contributed by atoms with Crippen LogP contribution < -0.4 is 10.2 Å². The molecular formula is C19H19BrN2O4. The van der Waals surface area contributed by atoms with Crippen molar-refractivity contribution in [3.05, 3.63) is 64.6 Å². The van der Waals surface area contributed by atoms with Gasteiger partial charge in [-0.25, -0.2) is 0 Å². The zero-order valence-electron chi connectivity index (χ0n) is 14.3. The molecule has 7 heteroatoms. The summed E-state index contributed by atoms with van der Waals surface area (Å²) in [6.45, 7) is 1.61. The van der Waals surface area contributed by atoms with E-state index in [1.807, 2.05) is 37.3 Å². The third-order valence-electron chi connectivity index (χ3n) is 3.54. The lowest BCUT2D eigenvalue weighted by molar-refractivity contribution is -0.146. The molecule has 6 nitrogen and oxygen atoms in total. The molecule has 0 atom stereocenters. The fraction of sp³-hybridized carbons (Fsp3) is 0.211. The van der Waals surface area contributed by atoms with Crippen molar-refractivity contribution in [3.63, 3.8) is 0 Å². The van der Waals surface area contributed by atoms with Gasteiger partial charge in [0.15, 0.2) is 6.61 Å². The number of amides is 2. The normalized spacial score (nSPS) is 10.1. The lowest BCUT2D eigenvalue weighted by Gasteiger charge is -2.20. The number of esters is 1. The van der Waals surface area contributed by atoms with Gasteiger partial charge in [-0.3, -0.25) is 14.4 Å². The zero-order valence-corrected chi connectivity index (χ0v) is 15.9. The van der Waals surface area contributed by atoms with Crippen molar-refractivity contribution >= 4 is 39.4 Å². The van der Waals surface area contributed by atoms with Gasteiger partial charge in [0.2, 0.25) is 0 Å². The molecule has 136 valence electrons. The number of likely N-dealkylation sites (N-methyl/N-ethyl adjacent to an activating group) is 1. The topological polar surface area (TPSA) is 75.7 Å². The van der Waals surface area contributed by atoms with Crippen molar-refractivity contribution < 1.29 is 19.1 Å². The van der Waals surface area contributed by atoms with Gasteiger partial charge in [-0.1, -0.05) is 34.1 Å². The molecular weight excluding hydrogens is 400 g/mol. The lowest BCUT2D eigenvalue weighted by atomic mass is 10.2. The number of hydrogen-bond acceptors (Lipinski definition) is 4. The Morgan fingerprint density at radius 3 is 2.31 bits per heavy atom. The molecule has 0 radical (unpaired) electrons. The van der Waals surface area contributed by atoms with Gasteiger partial charge in [-0.2, -0.15) is 0 Å². The number of hydrogen-bond donors (Lipinski definition) is 1. The predicted octanol–water partition coefficient (Wildman–Crippen LogP) is 2.78. The van der Waals surface area contributed by atoms with Gasteiger partial charge >= 0.3 is 5.97 Å². The summed E-state index contributed by atoms with van der Waals surface area (Å²) >= 11 is 3.28. The maximum Gasteiger partial charge on any atom is 0.325 e. The highest BCUT2D eigenvalue weighted by Gasteiger charge is 2.16. The molecule has 0 unspecified atom stereocenters. The second-order valence-electron chi connectivity index (χ2n) is 5.32. The average Bonchev–Trinajstić information content (AvgIpc) is 2.66. The van der Waals surface area contributed by atoms with Gasteiger partial charge in [-0.05, 0) is 43.3 Å².